The fourth-order valence-electron chi connectivity index (χ4n) is 4.16. The smallest absolute Gasteiger partial charge is 0.306 e. The SMILES string of the molecule is CC1CCC(C)(COC(=O)CC2(C)CC3OC3C2)C1. The summed E-state index contributed by atoms with van der Waals surface area (Å²) in [6, 6.07) is 0. The summed E-state index contributed by atoms with van der Waals surface area (Å²) in [7, 11) is 0. The maximum absolute atomic E-state index is 12.0. The van der Waals surface area contributed by atoms with Crippen molar-refractivity contribution in [2.45, 2.75) is 71.5 Å². The maximum Gasteiger partial charge on any atom is 0.306 e. The molecule has 0 amide bonds. The zero-order valence-electron chi connectivity index (χ0n) is 12.4. The van der Waals surface area contributed by atoms with Gasteiger partial charge in [0, 0.05) is 5.41 Å². The topological polar surface area (TPSA) is 38.8 Å². The first-order valence-corrected chi connectivity index (χ1v) is 7.69. The molecule has 4 atom stereocenters. The van der Waals surface area contributed by atoms with Crippen LogP contribution in [0, 0.1) is 16.7 Å². The zero-order chi connectivity index (χ0) is 13.7. The summed E-state index contributed by atoms with van der Waals surface area (Å²) in [6.07, 6.45) is 7.15. The van der Waals surface area contributed by atoms with Crippen LogP contribution in [0.2, 0.25) is 0 Å². The lowest BCUT2D eigenvalue weighted by atomic mass is 9.84. The van der Waals surface area contributed by atoms with Gasteiger partial charge >= 0.3 is 5.97 Å². The van der Waals surface area contributed by atoms with Crippen molar-refractivity contribution in [3.05, 3.63) is 0 Å². The molecule has 0 bridgehead atoms. The molecule has 0 aromatic rings. The van der Waals surface area contributed by atoms with E-state index in [9.17, 15) is 4.79 Å². The molecule has 3 rings (SSSR count). The highest BCUT2D eigenvalue weighted by Crippen LogP contribution is 2.51. The van der Waals surface area contributed by atoms with Crippen molar-refractivity contribution in [2.24, 2.45) is 16.7 Å². The maximum atomic E-state index is 12.0. The third-order valence-electron chi connectivity index (χ3n) is 5.31. The molecule has 0 aromatic heterocycles. The van der Waals surface area contributed by atoms with Gasteiger partial charge in [-0.05, 0) is 37.0 Å². The largest absolute Gasteiger partial charge is 0.465 e. The van der Waals surface area contributed by atoms with E-state index in [0.29, 0.717) is 25.2 Å². The van der Waals surface area contributed by atoms with E-state index in [4.69, 9.17) is 9.47 Å². The molecule has 3 heteroatoms. The molecule has 4 unspecified atom stereocenters. The molecule has 0 radical (unpaired) electrons. The molecule has 3 aliphatic rings. The van der Waals surface area contributed by atoms with Crippen molar-refractivity contribution in [2.75, 3.05) is 6.61 Å². The molecule has 0 spiro atoms. The molecule has 3 fully saturated rings. The normalized spacial score (nSPS) is 48.1. The number of hydrogen-bond donors (Lipinski definition) is 0. The third-order valence-corrected chi connectivity index (χ3v) is 5.31. The summed E-state index contributed by atoms with van der Waals surface area (Å²) in [6.45, 7) is 7.35. The molecular formula is C16H26O3. The summed E-state index contributed by atoms with van der Waals surface area (Å²) >= 11 is 0. The molecule has 1 saturated heterocycles. The van der Waals surface area contributed by atoms with Crippen LogP contribution in [0.15, 0.2) is 0 Å². The Morgan fingerprint density at radius 2 is 1.89 bits per heavy atom. The van der Waals surface area contributed by atoms with Gasteiger partial charge in [-0.2, -0.15) is 0 Å². The van der Waals surface area contributed by atoms with Crippen LogP contribution in [0.3, 0.4) is 0 Å². The number of esters is 1. The second-order valence-electron chi connectivity index (χ2n) is 7.93. The van der Waals surface area contributed by atoms with Crippen molar-refractivity contribution in [3.8, 4) is 0 Å². The molecule has 3 nitrogen and oxygen atoms in total. The van der Waals surface area contributed by atoms with Crippen LogP contribution in [-0.2, 0) is 14.3 Å². The number of carbonyl (C=O) groups is 1. The van der Waals surface area contributed by atoms with Gasteiger partial charge in [0.2, 0.25) is 0 Å². The Labute approximate surface area is 116 Å². The summed E-state index contributed by atoms with van der Waals surface area (Å²) in [5.74, 6) is 0.768. The van der Waals surface area contributed by atoms with E-state index < -0.39 is 0 Å². The van der Waals surface area contributed by atoms with Crippen molar-refractivity contribution in [1.29, 1.82) is 0 Å². The highest BCUT2D eigenvalue weighted by molar-refractivity contribution is 5.70. The highest BCUT2D eigenvalue weighted by Gasteiger charge is 2.54. The molecule has 1 aliphatic heterocycles. The molecule has 108 valence electrons. The fourth-order valence-corrected chi connectivity index (χ4v) is 4.16. The second-order valence-corrected chi connectivity index (χ2v) is 7.93. The van der Waals surface area contributed by atoms with Crippen molar-refractivity contribution in [3.63, 3.8) is 0 Å². The van der Waals surface area contributed by atoms with Gasteiger partial charge < -0.3 is 9.47 Å². The average molecular weight is 266 g/mol. The van der Waals surface area contributed by atoms with Gasteiger partial charge in [0.05, 0.1) is 25.2 Å². The Morgan fingerprint density at radius 1 is 1.21 bits per heavy atom. The predicted octanol–water partition coefficient (Wildman–Crippen LogP) is 3.31. The lowest BCUT2D eigenvalue weighted by Gasteiger charge is -2.27. The van der Waals surface area contributed by atoms with E-state index in [1.54, 1.807) is 0 Å². The van der Waals surface area contributed by atoms with Gasteiger partial charge in [-0.15, -0.1) is 0 Å². The molecule has 19 heavy (non-hydrogen) atoms. The van der Waals surface area contributed by atoms with Crippen LogP contribution in [-0.4, -0.2) is 24.8 Å². The van der Waals surface area contributed by atoms with E-state index in [-0.39, 0.29) is 16.8 Å². The van der Waals surface area contributed by atoms with Crippen LogP contribution < -0.4 is 0 Å². The van der Waals surface area contributed by atoms with E-state index in [0.717, 1.165) is 18.8 Å². The Morgan fingerprint density at radius 3 is 2.47 bits per heavy atom. The quantitative estimate of drug-likeness (QED) is 0.579. The molecular weight excluding hydrogens is 240 g/mol. The number of fused-ring (bicyclic) bond motifs is 1. The number of carbonyl (C=O) groups excluding carboxylic acids is 1. The Kier molecular flexibility index (Phi) is 3.16. The molecule has 2 saturated carbocycles. The van der Waals surface area contributed by atoms with Crippen LogP contribution in [0.4, 0.5) is 0 Å². The number of ether oxygens (including phenoxy) is 2. The second kappa shape index (κ2) is 4.47. The molecule has 2 aliphatic carbocycles. The van der Waals surface area contributed by atoms with E-state index in [1.807, 2.05) is 0 Å². The Balaban J connectivity index is 1.44. The number of hydrogen-bond acceptors (Lipinski definition) is 3. The minimum Gasteiger partial charge on any atom is -0.465 e. The van der Waals surface area contributed by atoms with E-state index in [2.05, 4.69) is 20.8 Å². The first-order valence-electron chi connectivity index (χ1n) is 7.69. The van der Waals surface area contributed by atoms with Crippen LogP contribution in [0.25, 0.3) is 0 Å². The van der Waals surface area contributed by atoms with Gasteiger partial charge in [-0.25, -0.2) is 0 Å². The molecule has 1 heterocycles. The first kappa shape index (κ1) is 13.4. The lowest BCUT2D eigenvalue weighted by Crippen LogP contribution is -2.26. The Hall–Kier alpha value is -0.570. The van der Waals surface area contributed by atoms with Gasteiger partial charge in [0.25, 0.3) is 0 Å². The number of rotatable bonds is 4. The van der Waals surface area contributed by atoms with Crippen LogP contribution in [0.5, 0.6) is 0 Å². The summed E-state index contributed by atoms with van der Waals surface area (Å²) in [5, 5.41) is 0. The lowest BCUT2D eigenvalue weighted by molar-refractivity contribution is -0.149. The highest BCUT2D eigenvalue weighted by atomic mass is 16.6. The van der Waals surface area contributed by atoms with Gasteiger partial charge in [-0.1, -0.05) is 27.2 Å². The first-order chi connectivity index (χ1) is 8.88. The van der Waals surface area contributed by atoms with E-state index >= 15 is 0 Å². The third kappa shape index (κ3) is 2.96. The summed E-state index contributed by atoms with van der Waals surface area (Å²) in [4.78, 5) is 12.0. The monoisotopic (exact) mass is 266 g/mol. The number of epoxide rings is 1. The minimum atomic E-state index is -0.00965. The van der Waals surface area contributed by atoms with Crippen LogP contribution in [0.1, 0.15) is 59.3 Å². The fraction of sp³-hybridized carbons (Fsp3) is 0.938. The van der Waals surface area contributed by atoms with Gasteiger partial charge in [0.15, 0.2) is 0 Å². The average Bonchev–Trinajstić information content (AvgIpc) is 2.77. The van der Waals surface area contributed by atoms with Crippen molar-refractivity contribution >= 4 is 5.97 Å². The summed E-state index contributed by atoms with van der Waals surface area (Å²) < 4.78 is 11.0. The zero-order valence-corrected chi connectivity index (χ0v) is 12.4. The summed E-state index contributed by atoms with van der Waals surface area (Å²) in [5.41, 5.74) is 0.339. The standard InChI is InChI=1S/C16H26O3/c1-11-4-5-15(2,6-11)10-18-14(17)9-16(3)7-12-13(8-16)19-12/h11-13H,4-10H2,1-3H3. The van der Waals surface area contributed by atoms with Crippen molar-refractivity contribution < 1.29 is 14.3 Å². The molecule has 0 aromatic carbocycles. The van der Waals surface area contributed by atoms with Gasteiger partial charge in [0.1, 0.15) is 0 Å². The van der Waals surface area contributed by atoms with Crippen LogP contribution >= 0.6 is 0 Å². The predicted molar refractivity (Wildman–Crippen MR) is 72.7 cm³/mol. The van der Waals surface area contributed by atoms with E-state index in [1.165, 1.54) is 19.3 Å². The van der Waals surface area contributed by atoms with Crippen molar-refractivity contribution in [1.82, 2.24) is 0 Å². The Bertz CT molecular complexity index is 368. The minimum absolute atomic E-state index is 0.00965. The molecule has 0 N–H and O–H groups in total. The van der Waals surface area contributed by atoms with Gasteiger partial charge in [-0.3, -0.25) is 4.79 Å².